The number of likely N-dealkylation sites (tertiary alicyclic amines) is 1. The second kappa shape index (κ2) is 10.2. The van der Waals surface area contributed by atoms with Crippen molar-refractivity contribution in [3.8, 4) is 0 Å². The molecule has 6 nitrogen and oxygen atoms in total. The molecule has 22 heavy (non-hydrogen) atoms. The van der Waals surface area contributed by atoms with Gasteiger partial charge in [-0.3, -0.25) is 0 Å². The number of hydrogen-bond acceptors (Lipinski definition) is 5. The van der Waals surface area contributed by atoms with Crippen molar-refractivity contribution in [3.05, 3.63) is 35.9 Å². The van der Waals surface area contributed by atoms with E-state index < -0.39 is 6.10 Å². The van der Waals surface area contributed by atoms with Crippen LogP contribution < -0.4 is 0 Å². The molecule has 0 aliphatic carbocycles. The minimum atomic E-state index is -0.489. The fourth-order valence-corrected chi connectivity index (χ4v) is 2.45. The Morgan fingerprint density at radius 1 is 1.32 bits per heavy atom. The zero-order valence-corrected chi connectivity index (χ0v) is 13.1. The molecule has 2 rings (SSSR count). The van der Waals surface area contributed by atoms with Crippen LogP contribution in [0.2, 0.25) is 0 Å². The number of β-amino-alcohol motifs (C(OH)–C–C–N with tert-alkyl or cyclic N) is 1. The lowest BCUT2D eigenvalue weighted by atomic mass is 10.2. The molecule has 124 valence electrons. The minimum absolute atomic E-state index is 0.0979. The molecule has 2 unspecified atom stereocenters. The van der Waals surface area contributed by atoms with Crippen molar-refractivity contribution >= 4 is 6.09 Å². The van der Waals surface area contributed by atoms with Crippen molar-refractivity contribution in [2.45, 2.75) is 25.0 Å². The number of carbonyl (C=O) groups excluding carboxylic acids is 1. The molecule has 2 atom stereocenters. The average molecular weight is 311 g/mol. The van der Waals surface area contributed by atoms with Crippen molar-refractivity contribution < 1.29 is 24.5 Å². The summed E-state index contributed by atoms with van der Waals surface area (Å²) in [5.41, 5.74) is 1.13. The topological polar surface area (TPSA) is 79.2 Å². The fourth-order valence-electron chi connectivity index (χ4n) is 2.45. The Labute approximate surface area is 131 Å². The van der Waals surface area contributed by atoms with Gasteiger partial charge in [0.05, 0.1) is 31.9 Å². The van der Waals surface area contributed by atoms with E-state index in [0.29, 0.717) is 32.6 Å². The van der Waals surface area contributed by atoms with Gasteiger partial charge in [0.1, 0.15) is 0 Å². The van der Waals surface area contributed by atoms with Crippen molar-refractivity contribution in [2.24, 2.45) is 0 Å². The molecule has 1 amide bonds. The first-order chi connectivity index (χ1) is 10.7. The summed E-state index contributed by atoms with van der Waals surface area (Å²) in [7, 11) is 2.59. The molecule has 1 aromatic rings. The van der Waals surface area contributed by atoms with E-state index in [4.69, 9.17) is 14.6 Å². The molecule has 0 aromatic heterocycles. The second-order valence-corrected chi connectivity index (χ2v) is 5.00. The lowest BCUT2D eigenvalue weighted by Crippen LogP contribution is -2.39. The van der Waals surface area contributed by atoms with E-state index in [1.807, 2.05) is 30.3 Å². The van der Waals surface area contributed by atoms with Gasteiger partial charge in [-0.15, -0.1) is 0 Å². The minimum Gasteiger partial charge on any atom is -0.449 e. The molecule has 1 saturated heterocycles. The summed E-state index contributed by atoms with van der Waals surface area (Å²) in [5.74, 6) is 0. The summed E-state index contributed by atoms with van der Waals surface area (Å²) in [6, 6.07) is 9.78. The molecule has 1 heterocycles. The van der Waals surface area contributed by atoms with Crippen LogP contribution in [0.3, 0.4) is 0 Å². The average Bonchev–Trinajstić information content (AvgIpc) is 2.91. The van der Waals surface area contributed by atoms with Crippen LogP contribution in [0, 0.1) is 0 Å². The molecule has 6 heteroatoms. The van der Waals surface area contributed by atoms with Crippen LogP contribution >= 0.6 is 0 Å². The third-order valence-electron chi connectivity index (χ3n) is 3.45. The first-order valence-corrected chi connectivity index (χ1v) is 7.29. The van der Waals surface area contributed by atoms with Gasteiger partial charge in [0, 0.05) is 20.6 Å². The zero-order valence-electron chi connectivity index (χ0n) is 13.1. The summed E-state index contributed by atoms with van der Waals surface area (Å²) >= 11 is 0. The Hall–Kier alpha value is -1.63. The molecule has 0 radical (unpaired) electrons. The van der Waals surface area contributed by atoms with Crippen LogP contribution in [-0.2, 0) is 15.9 Å². The summed E-state index contributed by atoms with van der Waals surface area (Å²) < 4.78 is 10.3. The van der Waals surface area contributed by atoms with E-state index in [0.717, 1.165) is 12.7 Å². The Kier molecular flexibility index (Phi) is 8.50. The number of hydrogen-bond donors (Lipinski definition) is 2. The van der Waals surface area contributed by atoms with E-state index >= 15 is 0 Å². The predicted octanol–water partition coefficient (Wildman–Crippen LogP) is 1.06. The number of amides is 1. The van der Waals surface area contributed by atoms with Gasteiger partial charge in [-0.05, 0) is 12.0 Å². The number of aliphatic hydroxyl groups is 2. The van der Waals surface area contributed by atoms with Crippen molar-refractivity contribution in [1.29, 1.82) is 0 Å². The van der Waals surface area contributed by atoms with Gasteiger partial charge in [-0.25, -0.2) is 4.79 Å². The van der Waals surface area contributed by atoms with E-state index in [1.54, 1.807) is 12.0 Å². The lowest BCUT2D eigenvalue weighted by Gasteiger charge is -2.23. The lowest BCUT2D eigenvalue weighted by molar-refractivity contribution is 0.0738. The Morgan fingerprint density at radius 2 is 2.00 bits per heavy atom. The third kappa shape index (κ3) is 5.63. The number of benzene rings is 1. The quantitative estimate of drug-likeness (QED) is 0.850. The number of nitrogens with zero attached hydrogens (tertiary/aromatic N) is 1. The highest BCUT2D eigenvalue weighted by molar-refractivity contribution is 5.68. The molecule has 2 N–H and O–H groups in total. The molecular weight excluding hydrogens is 286 g/mol. The number of methoxy groups -OCH3 is 1. The molecule has 0 bridgehead atoms. The normalized spacial score (nSPS) is 20.3. The van der Waals surface area contributed by atoms with Crippen molar-refractivity contribution in [3.63, 3.8) is 0 Å². The van der Waals surface area contributed by atoms with Gasteiger partial charge >= 0.3 is 6.09 Å². The predicted molar refractivity (Wildman–Crippen MR) is 82.6 cm³/mol. The smallest absolute Gasteiger partial charge is 0.410 e. The fraction of sp³-hybridized carbons (Fsp3) is 0.562. The maximum atomic E-state index is 12.0. The Morgan fingerprint density at radius 3 is 2.64 bits per heavy atom. The summed E-state index contributed by atoms with van der Waals surface area (Å²) in [4.78, 5) is 13.6. The molecule has 1 fully saturated rings. The molecule has 0 saturated carbocycles. The highest BCUT2D eigenvalue weighted by Crippen LogP contribution is 2.19. The van der Waals surface area contributed by atoms with E-state index in [-0.39, 0.29) is 12.1 Å². The summed E-state index contributed by atoms with van der Waals surface area (Å²) in [5, 5.41) is 16.6. The maximum absolute atomic E-state index is 12.0. The van der Waals surface area contributed by atoms with Gasteiger partial charge < -0.3 is 24.6 Å². The van der Waals surface area contributed by atoms with Crippen molar-refractivity contribution in [2.75, 3.05) is 34.0 Å². The highest BCUT2D eigenvalue weighted by atomic mass is 16.6. The number of carbonyl (C=O) groups is 1. The third-order valence-corrected chi connectivity index (χ3v) is 3.45. The maximum Gasteiger partial charge on any atom is 0.410 e. The summed E-state index contributed by atoms with van der Waals surface area (Å²) in [6.07, 6.45) is 0.371. The van der Waals surface area contributed by atoms with Crippen LogP contribution in [0.25, 0.3) is 0 Å². The molecule has 1 aromatic carbocycles. The monoisotopic (exact) mass is 311 g/mol. The number of rotatable bonds is 5. The first-order valence-electron chi connectivity index (χ1n) is 7.29. The number of ether oxygens (including phenoxy) is 2. The first kappa shape index (κ1) is 18.4. The highest BCUT2D eigenvalue weighted by Gasteiger charge is 2.35. The molecule has 1 aliphatic heterocycles. The van der Waals surface area contributed by atoms with Gasteiger partial charge in [0.25, 0.3) is 0 Å². The van der Waals surface area contributed by atoms with E-state index in [9.17, 15) is 9.90 Å². The van der Waals surface area contributed by atoms with Crippen molar-refractivity contribution in [1.82, 2.24) is 4.90 Å². The van der Waals surface area contributed by atoms with Gasteiger partial charge in [0.2, 0.25) is 0 Å². The van der Waals surface area contributed by atoms with E-state index in [1.165, 1.54) is 0 Å². The largest absolute Gasteiger partial charge is 0.449 e. The van der Waals surface area contributed by atoms with Gasteiger partial charge in [-0.2, -0.15) is 0 Å². The SMILES string of the molecule is CO.COCC1CC(O)CN1C(=O)OCCc1ccccc1. The molecule has 1 aliphatic rings. The van der Waals surface area contributed by atoms with Gasteiger partial charge in [-0.1, -0.05) is 30.3 Å². The van der Waals surface area contributed by atoms with Crippen LogP contribution in [-0.4, -0.2) is 67.3 Å². The standard InChI is InChI=1S/C15H21NO4.CH4O/c1-19-11-13-9-14(17)10-16(13)15(18)20-8-7-12-5-3-2-4-6-12;1-2/h2-6,13-14,17H,7-11H2,1H3;2H,1H3. The number of aliphatic hydroxyl groups excluding tert-OH is 2. The Bertz CT molecular complexity index is 426. The zero-order chi connectivity index (χ0) is 16.4. The van der Waals surface area contributed by atoms with Crippen LogP contribution in [0.5, 0.6) is 0 Å². The second-order valence-electron chi connectivity index (χ2n) is 5.00. The molecule has 0 spiro atoms. The van der Waals surface area contributed by atoms with Gasteiger partial charge in [0.15, 0.2) is 0 Å². The van der Waals surface area contributed by atoms with Crippen LogP contribution in [0.1, 0.15) is 12.0 Å². The summed E-state index contributed by atoms with van der Waals surface area (Å²) in [6.45, 7) is 1.08. The Balaban J connectivity index is 0.00000116. The van der Waals surface area contributed by atoms with E-state index in [2.05, 4.69) is 0 Å². The molecular formula is C16H25NO5. The van der Waals surface area contributed by atoms with Crippen LogP contribution in [0.4, 0.5) is 4.79 Å². The van der Waals surface area contributed by atoms with Crippen LogP contribution in [0.15, 0.2) is 30.3 Å².